The SMILES string of the molecule is O=C(NC1CCOCC1)C1CCCN(c2ncnc3ccsc23)C1. The van der Waals surface area contributed by atoms with Crippen LogP contribution in [0.4, 0.5) is 5.82 Å². The molecule has 4 heterocycles. The summed E-state index contributed by atoms with van der Waals surface area (Å²) in [6.45, 7) is 3.18. The van der Waals surface area contributed by atoms with Crippen LogP contribution in [0.15, 0.2) is 17.8 Å². The van der Waals surface area contributed by atoms with E-state index in [0.717, 1.165) is 68.0 Å². The van der Waals surface area contributed by atoms with E-state index in [2.05, 4.69) is 20.2 Å². The number of thiophene rings is 1. The molecule has 0 aliphatic carbocycles. The Morgan fingerprint density at radius 1 is 1.29 bits per heavy atom. The highest BCUT2D eigenvalue weighted by Gasteiger charge is 2.29. The van der Waals surface area contributed by atoms with E-state index in [0.29, 0.717) is 0 Å². The van der Waals surface area contributed by atoms with Crippen molar-refractivity contribution in [3.63, 3.8) is 0 Å². The first-order valence-electron chi connectivity index (χ1n) is 8.62. The molecule has 2 aliphatic rings. The predicted molar refractivity (Wildman–Crippen MR) is 94.3 cm³/mol. The zero-order chi connectivity index (χ0) is 16.4. The van der Waals surface area contributed by atoms with E-state index in [4.69, 9.17) is 4.74 Å². The van der Waals surface area contributed by atoms with Crippen LogP contribution < -0.4 is 10.2 Å². The predicted octanol–water partition coefficient (Wildman–Crippen LogP) is 2.20. The van der Waals surface area contributed by atoms with Crippen molar-refractivity contribution >= 4 is 33.3 Å². The maximum absolute atomic E-state index is 12.6. The molecule has 0 radical (unpaired) electrons. The quantitative estimate of drug-likeness (QED) is 0.923. The van der Waals surface area contributed by atoms with Gasteiger partial charge in [-0.1, -0.05) is 0 Å². The van der Waals surface area contributed by atoms with Gasteiger partial charge in [0, 0.05) is 32.3 Å². The number of carbonyl (C=O) groups is 1. The summed E-state index contributed by atoms with van der Waals surface area (Å²) in [5.74, 6) is 1.19. The second kappa shape index (κ2) is 7.03. The van der Waals surface area contributed by atoms with E-state index < -0.39 is 0 Å². The van der Waals surface area contributed by atoms with Gasteiger partial charge in [-0.3, -0.25) is 4.79 Å². The molecule has 128 valence electrons. The number of ether oxygens (including phenoxy) is 1. The Labute approximate surface area is 145 Å². The summed E-state index contributed by atoms with van der Waals surface area (Å²) < 4.78 is 6.48. The maximum Gasteiger partial charge on any atom is 0.225 e. The van der Waals surface area contributed by atoms with Crippen molar-refractivity contribution in [2.75, 3.05) is 31.2 Å². The Morgan fingerprint density at radius 2 is 2.17 bits per heavy atom. The molecule has 24 heavy (non-hydrogen) atoms. The molecule has 2 aliphatic heterocycles. The van der Waals surface area contributed by atoms with Gasteiger partial charge in [-0.15, -0.1) is 11.3 Å². The number of nitrogens with zero attached hydrogens (tertiary/aromatic N) is 3. The summed E-state index contributed by atoms with van der Waals surface area (Å²) in [5, 5.41) is 5.26. The van der Waals surface area contributed by atoms with Gasteiger partial charge >= 0.3 is 0 Å². The third kappa shape index (κ3) is 3.23. The van der Waals surface area contributed by atoms with E-state index in [9.17, 15) is 4.79 Å². The monoisotopic (exact) mass is 346 g/mol. The summed E-state index contributed by atoms with van der Waals surface area (Å²) >= 11 is 1.66. The van der Waals surface area contributed by atoms with Crippen molar-refractivity contribution in [1.29, 1.82) is 0 Å². The molecular weight excluding hydrogens is 324 g/mol. The number of carbonyl (C=O) groups excluding carboxylic acids is 1. The first kappa shape index (κ1) is 15.8. The van der Waals surface area contributed by atoms with Crippen LogP contribution in [0, 0.1) is 5.92 Å². The lowest BCUT2D eigenvalue weighted by Crippen LogP contribution is -2.47. The second-order valence-electron chi connectivity index (χ2n) is 6.51. The number of nitrogens with one attached hydrogen (secondary N) is 1. The molecule has 0 saturated carbocycles. The summed E-state index contributed by atoms with van der Waals surface area (Å²) in [6.07, 6.45) is 5.43. The van der Waals surface area contributed by atoms with Gasteiger partial charge in [0.1, 0.15) is 12.1 Å². The number of aromatic nitrogens is 2. The van der Waals surface area contributed by atoms with E-state index >= 15 is 0 Å². The van der Waals surface area contributed by atoms with Crippen LogP contribution in [0.1, 0.15) is 25.7 Å². The molecule has 1 atom stereocenters. The van der Waals surface area contributed by atoms with Crippen LogP contribution >= 0.6 is 11.3 Å². The van der Waals surface area contributed by atoms with Gasteiger partial charge in [-0.2, -0.15) is 0 Å². The maximum atomic E-state index is 12.6. The minimum atomic E-state index is 0.0339. The van der Waals surface area contributed by atoms with Gasteiger partial charge in [0.25, 0.3) is 0 Å². The van der Waals surface area contributed by atoms with Crippen LogP contribution in [0.3, 0.4) is 0 Å². The zero-order valence-electron chi connectivity index (χ0n) is 13.6. The van der Waals surface area contributed by atoms with Crippen LogP contribution in [-0.4, -0.2) is 48.2 Å². The smallest absolute Gasteiger partial charge is 0.225 e. The summed E-state index contributed by atoms with van der Waals surface area (Å²) in [6, 6.07) is 2.29. The third-order valence-electron chi connectivity index (χ3n) is 4.88. The number of anilines is 1. The van der Waals surface area contributed by atoms with Crippen LogP contribution in [0.5, 0.6) is 0 Å². The fourth-order valence-corrected chi connectivity index (χ4v) is 4.41. The van der Waals surface area contributed by atoms with Crippen molar-refractivity contribution in [1.82, 2.24) is 15.3 Å². The lowest BCUT2D eigenvalue weighted by Gasteiger charge is -2.34. The Hall–Kier alpha value is -1.73. The Kier molecular flexibility index (Phi) is 4.62. The van der Waals surface area contributed by atoms with Crippen molar-refractivity contribution in [3.05, 3.63) is 17.8 Å². The molecule has 2 aromatic rings. The number of hydrogen-bond acceptors (Lipinski definition) is 6. The van der Waals surface area contributed by atoms with Crippen LogP contribution in [0.2, 0.25) is 0 Å². The van der Waals surface area contributed by atoms with E-state index in [1.54, 1.807) is 17.7 Å². The number of hydrogen-bond donors (Lipinski definition) is 1. The first-order valence-corrected chi connectivity index (χ1v) is 9.50. The van der Waals surface area contributed by atoms with Gasteiger partial charge < -0.3 is 15.0 Å². The van der Waals surface area contributed by atoms with Crippen molar-refractivity contribution < 1.29 is 9.53 Å². The molecule has 0 spiro atoms. The molecule has 2 fully saturated rings. The Balaban J connectivity index is 1.45. The second-order valence-corrected chi connectivity index (χ2v) is 7.43. The summed E-state index contributed by atoms with van der Waals surface area (Å²) in [7, 11) is 0. The first-order chi connectivity index (χ1) is 11.8. The number of fused-ring (bicyclic) bond motifs is 1. The van der Waals surface area contributed by atoms with E-state index in [1.807, 2.05) is 11.4 Å². The number of amides is 1. The molecule has 7 heteroatoms. The lowest BCUT2D eigenvalue weighted by molar-refractivity contribution is -0.126. The lowest BCUT2D eigenvalue weighted by atomic mass is 9.96. The summed E-state index contributed by atoms with van der Waals surface area (Å²) in [5.41, 5.74) is 0.985. The number of piperidine rings is 1. The molecule has 1 N–H and O–H groups in total. The minimum Gasteiger partial charge on any atom is -0.381 e. The van der Waals surface area contributed by atoms with Gasteiger partial charge in [0.05, 0.1) is 16.1 Å². The van der Waals surface area contributed by atoms with Crippen molar-refractivity contribution in [3.8, 4) is 0 Å². The Bertz CT molecular complexity index is 713. The highest BCUT2D eigenvalue weighted by atomic mass is 32.1. The fourth-order valence-electron chi connectivity index (χ4n) is 3.55. The molecule has 4 rings (SSSR count). The molecule has 2 aromatic heterocycles. The van der Waals surface area contributed by atoms with Gasteiger partial charge in [-0.25, -0.2) is 9.97 Å². The highest BCUT2D eigenvalue weighted by Crippen LogP contribution is 2.30. The normalized spacial score (nSPS) is 22.7. The average Bonchev–Trinajstić information content (AvgIpc) is 3.11. The fraction of sp³-hybridized carbons (Fsp3) is 0.588. The van der Waals surface area contributed by atoms with Crippen molar-refractivity contribution in [2.24, 2.45) is 5.92 Å². The molecule has 6 nitrogen and oxygen atoms in total. The zero-order valence-corrected chi connectivity index (χ0v) is 14.4. The molecule has 1 amide bonds. The minimum absolute atomic E-state index is 0.0339. The molecule has 2 saturated heterocycles. The summed E-state index contributed by atoms with van der Waals surface area (Å²) in [4.78, 5) is 23.7. The third-order valence-corrected chi connectivity index (χ3v) is 5.78. The largest absolute Gasteiger partial charge is 0.381 e. The van der Waals surface area contributed by atoms with E-state index in [1.165, 1.54) is 0 Å². The van der Waals surface area contributed by atoms with Gasteiger partial charge in [0.15, 0.2) is 0 Å². The van der Waals surface area contributed by atoms with E-state index in [-0.39, 0.29) is 17.9 Å². The Morgan fingerprint density at radius 3 is 3.04 bits per heavy atom. The number of rotatable bonds is 3. The highest BCUT2D eigenvalue weighted by molar-refractivity contribution is 7.17. The van der Waals surface area contributed by atoms with Crippen molar-refractivity contribution in [2.45, 2.75) is 31.7 Å². The van der Waals surface area contributed by atoms with Gasteiger partial charge in [0.2, 0.25) is 5.91 Å². The standard InChI is InChI=1S/C17H22N4O2S/c22-17(20-13-3-7-23-8-4-13)12-2-1-6-21(10-12)16-15-14(5-9-24-15)18-11-19-16/h5,9,11-13H,1-4,6-8,10H2,(H,20,22). The van der Waals surface area contributed by atoms with Crippen LogP contribution in [0.25, 0.3) is 10.2 Å². The molecule has 1 unspecified atom stereocenters. The van der Waals surface area contributed by atoms with Gasteiger partial charge in [-0.05, 0) is 37.1 Å². The molecule has 0 bridgehead atoms. The topological polar surface area (TPSA) is 67.3 Å². The van der Waals surface area contributed by atoms with Crippen LogP contribution in [-0.2, 0) is 9.53 Å². The molecule has 0 aromatic carbocycles. The average molecular weight is 346 g/mol. The molecular formula is C17H22N4O2S.